The maximum absolute atomic E-state index is 13.6. The van der Waals surface area contributed by atoms with Gasteiger partial charge in [-0.3, -0.25) is 9.78 Å². The Morgan fingerprint density at radius 1 is 1.17 bits per heavy atom. The molecule has 0 amide bonds. The van der Waals surface area contributed by atoms with Crippen LogP contribution in [0.4, 0.5) is 13.2 Å². The van der Waals surface area contributed by atoms with Crippen LogP contribution in [0.1, 0.15) is 34.7 Å². The third-order valence-corrected chi connectivity index (χ3v) is 5.78. The van der Waals surface area contributed by atoms with E-state index in [9.17, 15) is 18.0 Å². The summed E-state index contributed by atoms with van der Waals surface area (Å²) >= 11 is 0. The molecule has 0 spiro atoms. The molecule has 2 aromatic heterocycles. The van der Waals surface area contributed by atoms with Gasteiger partial charge in [0, 0.05) is 30.7 Å². The number of carboxylic acid groups (broad SMARTS) is 1. The van der Waals surface area contributed by atoms with Crippen LogP contribution in [0.25, 0.3) is 29.1 Å². The average Bonchev–Trinajstić information content (AvgIpc) is 3.29. The maximum atomic E-state index is 13.6. The van der Waals surface area contributed by atoms with Crippen molar-refractivity contribution in [3.05, 3.63) is 89.0 Å². The van der Waals surface area contributed by atoms with Gasteiger partial charge in [0.25, 0.3) is 0 Å². The number of hydrogen-bond acceptors (Lipinski definition) is 4. The largest absolute Gasteiger partial charge is 0.480 e. The second kappa shape index (κ2) is 9.71. The number of benzene rings is 2. The van der Waals surface area contributed by atoms with Crippen LogP contribution in [-0.2, 0) is 17.5 Å². The van der Waals surface area contributed by atoms with Crippen molar-refractivity contribution in [1.82, 2.24) is 19.7 Å². The number of carboxylic acids is 1. The van der Waals surface area contributed by atoms with Gasteiger partial charge in [0.05, 0.1) is 17.5 Å². The van der Waals surface area contributed by atoms with E-state index in [4.69, 9.17) is 5.11 Å². The van der Waals surface area contributed by atoms with Gasteiger partial charge in [-0.05, 0) is 48.2 Å². The Morgan fingerprint density at radius 3 is 2.69 bits per heavy atom. The van der Waals surface area contributed by atoms with Crippen LogP contribution in [0.5, 0.6) is 0 Å². The number of imidazole rings is 1. The summed E-state index contributed by atoms with van der Waals surface area (Å²) in [6.45, 7) is 3.50. The fraction of sp³-hybridized carbons (Fsp3) is 0.192. The van der Waals surface area contributed by atoms with Gasteiger partial charge in [-0.1, -0.05) is 36.4 Å². The van der Waals surface area contributed by atoms with Gasteiger partial charge in [-0.2, -0.15) is 13.2 Å². The van der Waals surface area contributed by atoms with Gasteiger partial charge in [0.15, 0.2) is 5.65 Å². The van der Waals surface area contributed by atoms with E-state index < -0.39 is 23.8 Å². The van der Waals surface area contributed by atoms with Crippen LogP contribution in [-0.4, -0.2) is 31.5 Å². The molecule has 0 aliphatic carbocycles. The molecule has 180 valence electrons. The quantitative estimate of drug-likeness (QED) is 0.344. The zero-order valence-corrected chi connectivity index (χ0v) is 19.0. The van der Waals surface area contributed by atoms with Gasteiger partial charge in [0.1, 0.15) is 6.04 Å². The number of nitrogens with one attached hydrogen (secondary N) is 1. The van der Waals surface area contributed by atoms with E-state index in [1.165, 1.54) is 25.1 Å². The molecule has 1 atom stereocenters. The Bertz CT molecular complexity index is 1410. The van der Waals surface area contributed by atoms with Crippen LogP contribution < -0.4 is 5.32 Å². The maximum Gasteiger partial charge on any atom is 0.416 e. The number of hydrogen-bond donors (Lipinski definition) is 2. The number of nitrogens with zero attached hydrogens (tertiary/aromatic N) is 3. The van der Waals surface area contributed by atoms with Gasteiger partial charge in [0.2, 0.25) is 0 Å². The first-order chi connectivity index (χ1) is 16.6. The van der Waals surface area contributed by atoms with E-state index in [2.05, 4.69) is 15.3 Å². The number of alkyl halides is 3. The Kier molecular flexibility index (Phi) is 6.70. The minimum atomic E-state index is -4.53. The lowest BCUT2D eigenvalue weighted by atomic mass is 9.97. The molecule has 2 aromatic carbocycles. The summed E-state index contributed by atoms with van der Waals surface area (Å²) in [7, 11) is 0. The summed E-state index contributed by atoms with van der Waals surface area (Å²) in [5.74, 6) is -1.03. The normalized spacial score (nSPS) is 12.9. The molecule has 6 nitrogen and oxygen atoms in total. The number of rotatable bonds is 7. The molecule has 9 heteroatoms. The predicted octanol–water partition coefficient (Wildman–Crippen LogP) is 5.46. The lowest BCUT2D eigenvalue weighted by Crippen LogP contribution is -2.33. The topological polar surface area (TPSA) is 79.5 Å². The van der Waals surface area contributed by atoms with Crippen molar-refractivity contribution in [2.75, 3.05) is 0 Å². The van der Waals surface area contributed by atoms with Crippen molar-refractivity contribution in [2.45, 2.75) is 32.6 Å². The molecule has 0 unspecified atom stereocenters. The van der Waals surface area contributed by atoms with E-state index in [1.807, 2.05) is 41.9 Å². The van der Waals surface area contributed by atoms with Gasteiger partial charge in [-0.25, -0.2) is 4.98 Å². The first-order valence-corrected chi connectivity index (χ1v) is 10.9. The molecule has 0 saturated heterocycles. The van der Waals surface area contributed by atoms with Crippen molar-refractivity contribution in [1.29, 1.82) is 0 Å². The highest BCUT2D eigenvalue weighted by atomic mass is 19.4. The fourth-order valence-corrected chi connectivity index (χ4v) is 3.73. The second-order valence-corrected chi connectivity index (χ2v) is 8.18. The summed E-state index contributed by atoms with van der Waals surface area (Å²) in [6.07, 6.45) is 5.57. The van der Waals surface area contributed by atoms with Crippen molar-refractivity contribution >= 4 is 23.8 Å². The third kappa shape index (κ3) is 5.41. The zero-order chi connectivity index (χ0) is 25.2. The Hall–Kier alpha value is -3.98. The second-order valence-electron chi connectivity index (χ2n) is 8.18. The standard InChI is InChI=1S/C26H23F3N4O2/c1-16-19(4-3-5-21(16)23-15-33-11-10-30-24(33)14-32-23)7-8-20-12-18(13-31-17(2)25(34)35)6-9-22(20)26(27,28)29/h3-12,14-15,17,31H,13H2,1-2H3,(H,34,35)/b8-7+/t17-/m1/s1. The average molecular weight is 480 g/mol. The summed E-state index contributed by atoms with van der Waals surface area (Å²) in [6, 6.07) is 8.56. The molecule has 2 heterocycles. The smallest absolute Gasteiger partial charge is 0.416 e. The highest BCUT2D eigenvalue weighted by molar-refractivity contribution is 5.77. The van der Waals surface area contributed by atoms with E-state index in [0.29, 0.717) is 11.2 Å². The number of carbonyl (C=O) groups is 1. The highest BCUT2D eigenvalue weighted by Gasteiger charge is 2.32. The van der Waals surface area contributed by atoms with E-state index >= 15 is 0 Å². The van der Waals surface area contributed by atoms with Crippen molar-refractivity contribution in [2.24, 2.45) is 0 Å². The predicted molar refractivity (Wildman–Crippen MR) is 127 cm³/mol. The SMILES string of the molecule is Cc1c(/C=C/c2cc(CN[C@H](C)C(=O)O)ccc2C(F)(F)F)cccc1-c1cn2ccnc2cn1. The van der Waals surface area contributed by atoms with Crippen LogP contribution in [0.2, 0.25) is 0 Å². The summed E-state index contributed by atoms with van der Waals surface area (Å²) in [5, 5.41) is 11.8. The fourth-order valence-electron chi connectivity index (χ4n) is 3.73. The van der Waals surface area contributed by atoms with Crippen molar-refractivity contribution in [3.63, 3.8) is 0 Å². The van der Waals surface area contributed by atoms with Crippen LogP contribution >= 0.6 is 0 Å². The molecule has 0 fully saturated rings. The zero-order valence-electron chi connectivity index (χ0n) is 19.0. The highest BCUT2D eigenvalue weighted by Crippen LogP contribution is 2.34. The van der Waals surface area contributed by atoms with E-state index in [-0.39, 0.29) is 12.1 Å². The van der Waals surface area contributed by atoms with E-state index in [0.717, 1.165) is 28.5 Å². The Balaban J connectivity index is 1.67. The molecular weight excluding hydrogens is 457 g/mol. The number of aromatic nitrogens is 3. The Morgan fingerprint density at radius 2 is 1.94 bits per heavy atom. The lowest BCUT2D eigenvalue weighted by Gasteiger charge is -2.14. The summed E-state index contributed by atoms with van der Waals surface area (Å²) in [5.41, 5.74) is 3.72. The van der Waals surface area contributed by atoms with Crippen molar-refractivity contribution in [3.8, 4) is 11.3 Å². The minimum absolute atomic E-state index is 0.00235. The third-order valence-electron chi connectivity index (χ3n) is 5.78. The number of fused-ring (bicyclic) bond motifs is 1. The first-order valence-electron chi connectivity index (χ1n) is 10.9. The molecule has 4 aromatic rings. The number of aliphatic carboxylic acids is 1. The molecule has 0 aliphatic rings. The monoisotopic (exact) mass is 480 g/mol. The Labute approximate surface area is 199 Å². The molecule has 35 heavy (non-hydrogen) atoms. The van der Waals surface area contributed by atoms with Crippen LogP contribution in [0, 0.1) is 6.92 Å². The molecule has 2 N–H and O–H groups in total. The van der Waals surface area contributed by atoms with E-state index in [1.54, 1.807) is 18.5 Å². The molecule has 4 rings (SSSR count). The van der Waals surface area contributed by atoms with Crippen LogP contribution in [0.3, 0.4) is 0 Å². The lowest BCUT2D eigenvalue weighted by molar-refractivity contribution is -0.139. The van der Waals surface area contributed by atoms with Crippen molar-refractivity contribution < 1.29 is 23.1 Å². The summed E-state index contributed by atoms with van der Waals surface area (Å²) in [4.78, 5) is 19.7. The summed E-state index contributed by atoms with van der Waals surface area (Å²) < 4.78 is 42.8. The first kappa shape index (κ1) is 24.2. The van der Waals surface area contributed by atoms with Gasteiger partial charge >= 0.3 is 12.1 Å². The number of halogens is 3. The molecule has 0 radical (unpaired) electrons. The molecule has 0 saturated carbocycles. The molecular formula is C26H23F3N4O2. The van der Waals surface area contributed by atoms with Gasteiger partial charge in [-0.15, -0.1) is 0 Å². The van der Waals surface area contributed by atoms with Gasteiger partial charge < -0.3 is 14.8 Å². The minimum Gasteiger partial charge on any atom is -0.480 e. The molecule has 0 bridgehead atoms. The van der Waals surface area contributed by atoms with Crippen LogP contribution in [0.15, 0.2) is 61.2 Å². The molecule has 0 aliphatic heterocycles.